The van der Waals surface area contributed by atoms with Gasteiger partial charge in [0.05, 0.1) is 74.0 Å². The van der Waals surface area contributed by atoms with Gasteiger partial charge in [-0.15, -0.1) is 0 Å². The number of sulfonamides is 3. The molecule has 0 bridgehead atoms. The van der Waals surface area contributed by atoms with Crippen LogP contribution in [-0.4, -0.2) is 301 Å². The Morgan fingerprint density at radius 1 is 0.417 bits per heavy atom. The van der Waals surface area contributed by atoms with Crippen LogP contribution in [0.5, 0.6) is 0 Å². The summed E-state index contributed by atoms with van der Waals surface area (Å²) in [5, 5.41) is 52.1. The third-order valence-electron chi connectivity index (χ3n) is 27.4. The van der Waals surface area contributed by atoms with Crippen molar-refractivity contribution in [2.75, 3.05) is 106 Å². The van der Waals surface area contributed by atoms with Crippen molar-refractivity contribution in [2.24, 2.45) is 31.8 Å². The molecule has 6 unspecified atom stereocenters. The Kier molecular flexibility index (Phi) is 32.6. The second-order valence-corrected chi connectivity index (χ2v) is 47.3. The number of piperidine rings is 1. The number of piperazine rings is 1. The summed E-state index contributed by atoms with van der Waals surface area (Å²) in [5.74, 6) is -5.19. The summed E-state index contributed by atoms with van der Waals surface area (Å²) in [4.78, 5) is 91.0. The standard InChI is InChI=1S/C26H33FN4O6S.C25H34FN5O5S.C25H33FN4O5S.C22H27FN4O5S/c1-15-23(33)22(29-25-26(3,4)37-11-10-31(15)25)24(34)28-14-17-6-7-18(27)12-21(17)38(35,36)20-9-8-19(13-20)30(5)16(2)32;1-15-13-30(14-16(2)29(15)6)37(34,35)20-11-19(26)8-7-18(20)12-27-23(33)21-22(32)17(3)31-9-10-36-25(4,5)24(31)28-21;1-15-10-16(2)14-29(13-15)36(33,34)20-11-19(26)7-6-18(20)12-27-23(32)21-22(31)17(3)30-8-9-35-25(4,5)24(30)28-21;1-14-19(28)18(25-21-22(2,3)32-11-10-27(14)21)20(29)24-13-15-6-7-16(23)12-17(15)33(30,31)26-8-4-5-9-26/h6-7,12,19-20,33H,1,8-11,13-14H2,2-5H3,(H,28,34);7-8,11,15-16,32H,3,9-10,12-14H2,1-2,4-6H3,(H,27,33);6-7,11,15-16,31H,3,8-10,12-14H2,1-2,4-5H3,(H,27,32);6-7,12,28H,1,4-5,8-11,13H2,2-3H3,(H,24,29). The first-order valence-corrected chi connectivity index (χ1v) is 53.2. The number of aliphatic hydroxyl groups is 4. The number of nitrogens with zero attached hydrogens (tertiary/aromatic N) is 13. The Hall–Kier alpha value is -11.6. The molecule has 4 aromatic rings. The molecule has 11 heterocycles. The van der Waals surface area contributed by atoms with E-state index in [0.29, 0.717) is 115 Å². The highest BCUT2D eigenvalue weighted by Gasteiger charge is 2.49. The van der Waals surface area contributed by atoms with Gasteiger partial charge in [0.1, 0.15) is 69.0 Å². The molecular weight excluding hydrogens is 1960 g/mol. The van der Waals surface area contributed by atoms with Gasteiger partial charge in [-0.3, -0.25) is 28.9 Å². The maximum atomic E-state index is 14.2. The zero-order chi connectivity index (χ0) is 106. The number of hydrogen-bond donors (Lipinski definition) is 8. The number of benzene rings is 4. The fraction of sp³-hybridized carbons (Fsp3) is 0.500. The van der Waals surface area contributed by atoms with Crippen molar-refractivity contribution >= 4 is 92.8 Å². The number of aliphatic imine (C=N–C) groups is 4. The number of ether oxygens (including phenoxy) is 4. The summed E-state index contributed by atoms with van der Waals surface area (Å²) < 4.78 is 191. The van der Waals surface area contributed by atoms with Crippen LogP contribution in [-0.2, 0) is 109 Å². The van der Waals surface area contributed by atoms with E-state index in [1.54, 1.807) is 82.0 Å². The lowest BCUT2D eigenvalue weighted by molar-refractivity contribution is -0.129. The van der Waals surface area contributed by atoms with Gasteiger partial charge in [0.15, 0.2) is 55.7 Å². The summed E-state index contributed by atoms with van der Waals surface area (Å²) in [6.07, 6.45) is 3.52. The van der Waals surface area contributed by atoms with E-state index in [1.165, 1.54) is 49.0 Å². The lowest BCUT2D eigenvalue weighted by atomic mass is 9.94. The third-order valence-corrected chi connectivity index (χ3v) is 35.5. The number of sulfone groups is 1. The number of carbonyl (C=O) groups is 5. The Morgan fingerprint density at radius 2 is 0.688 bits per heavy atom. The largest absolute Gasteiger partial charge is 0.504 e. The van der Waals surface area contributed by atoms with Crippen molar-refractivity contribution < 1.29 is 115 Å². The topological polar surface area (TPSA) is 466 Å². The van der Waals surface area contributed by atoms with E-state index in [9.17, 15) is 95.6 Å². The van der Waals surface area contributed by atoms with E-state index in [1.807, 2.05) is 34.7 Å². The SMILES string of the molecule is C=C1C(O)=C(C(=O)NCc2ccc(F)cc2S(=O)(=O)C2CCC(N(C)C(C)=O)C2)N=C2N1CCOC2(C)C.C=C1C(O)=C(C(=O)NCc2ccc(F)cc2S(=O)(=O)N2CC(C)CC(C)C2)N=C2N1CCOC2(C)C.C=C1C(O)=C(C(=O)NCc2ccc(F)cc2S(=O)(=O)N2CC(C)N(C)C(C)C2)N=C2N1CCOC2(C)C.C=C1C(O)=C(C(=O)NCc2ccc(F)cc2S(=O)(=O)N2CCCC2)N=C2N1CCOC2(C)C. The highest BCUT2D eigenvalue weighted by atomic mass is 32.2. The van der Waals surface area contributed by atoms with Gasteiger partial charge in [-0.1, -0.05) is 64.4 Å². The van der Waals surface area contributed by atoms with Crippen molar-refractivity contribution in [1.82, 2.24) is 63.6 Å². The van der Waals surface area contributed by atoms with Gasteiger partial charge < -0.3 is 85.1 Å². The van der Waals surface area contributed by atoms with Crippen LogP contribution in [0.3, 0.4) is 0 Å². The molecule has 144 heavy (non-hydrogen) atoms. The molecule has 6 atom stereocenters. The van der Waals surface area contributed by atoms with Gasteiger partial charge in [-0.05, 0) is 197 Å². The zero-order valence-electron chi connectivity index (χ0n) is 83.4. The highest BCUT2D eigenvalue weighted by molar-refractivity contribution is 7.92. The maximum absolute atomic E-state index is 14.2. The molecule has 0 radical (unpaired) electrons. The molecule has 12 aliphatic rings. The summed E-state index contributed by atoms with van der Waals surface area (Å²) in [7, 11) is -12.3. The van der Waals surface area contributed by atoms with E-state index < -0.39 is 114 Å². The number of rotatable bonds is 21. The Labute approximate surface area is 837 Å². The molecule has 1 saturated carbocycles. The van der Waals surface area contributed by atoms with Gasteiger partial charge in [-0.2, -0.15) is 12.9 Å². The lowest BCUT2D eigenvalue weighted by Gasteiger charge is -2.43. The molecule has 4 aromatic carbocycles. The average Bonchev–Trinajstić information content (AvgIpc) is 1.44. The molecule has 7 saturated heterocycles. The van der Waals surface area contributed by atoms with Gasteiger partial charge in [-0.25, -0.2) is 71.2 Å². The second kappa shape index (κ2) is 42.8. The average molecular weight is 2080 g/mol. The van der Waals surface area contributed by atoms with Crippen LogP contribution in [0, 0.1) is 35.1 Å². The summed E-state index contributed by atoms with van der Waals surface area (Å²) in [6.45, 7) is 43.7. The number of aliphatic hydroxyl groups excluding tert-OH is 4. The summed E-state index contributed by atoms with van der Waals surface area (Å²) >= 11 is 0. The van der Waals surface area contributed by atoms with Crippen molar-refractivity contribution in [3.8, 4) is 0 Å². The third kappa shape index (κ3) is 23.0. The number of fused-ring (bicyclic) bond motifs is 4. The molecule has 8 N–H and O–H groups in total. The quantitative estimate of drug-likeness (QED) is 0.0360. The fourth-order valence-electron chi connectivity index (χ4n) is 19.1. The molecule has 38 nitrogen and oxygen atoms in total. The Bertz CT molecular complexity index is 6610. The monoisotopic (exact) mass is 2080 g/mol. The molecule has 8 fully saturated rings. The van der Waals surface area contributed by atoms with E-state index >= 15 is 0 Å². The number of nitrogens with one attached hydrogen (secondary N) is 4. The molecule has 46 heteroatoms. The molecule has 0 aromatic heterocycles. The molecule has 782 valence electrons. The normalized spacial score (nSPS) is 23.6. The number of carbonyl (C=O) groups excluding carboxylic acids is 5. The van der Waals surface area contributed by atoms with E-state index in [-0.39, 0.29) is 192 Å². The summed E-state index contributed by atoms with van der Waals surface area (Å²) in [6, 6.07) is 13.5. The molecule has 1 aliphatic carbocycles. The lowest BCUT2D eigenvalue weighted by Crippen LogP contribution is -2.56. The molecular formula is C98H127F4N17O21S4. The van der Waals surface area contributed by atoms with E-state index in [2.05, 4.69) is 72.5 Å². The molecule has 11 aliphatic heterocycles. The molecule has 16 rings (SSSR count). The van der Waals surface area contributed by atoms with Crippen molar-refractivity contribution in [3.05, 3.63) is 213 Å². The second-order valence-electron chi connectivity index (χ2n) is 39.4. The van der Waals surface area contributed by atoms with Crippen LogP contribution in [0.2, 0.25) is 0 Å². The van der Waals surface area contributed by atoms with Crippen LogP contribution >= 0.6 is 0 Å². The fourth-order valence-corrected chi connectivity index (χ4v) is 26.7. The number of likely N-dealkylation sites (N-methyl/N-ethyl adjacent to an activating group) is 1. The number of amidine groups is 4. The van der Waals surface area contributed by atoms with Crippen LogP contribution in [0.15, 0.2) is 207 Å². The van der Waals surface area contributed by atoms with Crippen LogP contribution in [0.4, 0.5) is 17.6 Å². The van der Waals surface area contributed by atoms with E-state index in [0.717, 1.165) is 67.8 Å². The summed E-state index contributed by atoms with van der Waals surface area (Å²) in [5.41, 5.74) is -2.38. The van der Waals surface area contributed by atoms with Crippen molar-refractivity contribution in [1.29, 1.82) is 0 Å². The number of halogens is 4. The smallest absolute Gasteiger partial charge is 0.274 e. The maximum Gasteiger partial charge on any atom is 0.274 e. The van der Waals surface area contributed by atoms with Gasteiger partial charge in [0.2, 0.25) is 36.0 Å². The first-order valence-electron chi connectivity index (χ1n) is 47.3. The number of amides is 5. The predicted octanol–water partition coefficient (Wildman–Crippen LogP) is 9.33. The minimum atomic E-state index is -4.04. The first kappa shape index (κ1) is 110. The molecule has 5 amide bonds. The predicted molar refractivity (Wildman–Crippen MR) is 527 cm³/mol. The highest BCUT2D eigenvalue weighted by Crippen LogP contribution is 2.41. The van der Waals surface area contributed by atoms with Crippen molar-refractivity contribution in [3.63, 3.8) is 0 Å². The van der Waals surface area contributed by atoms with Crippen LogP contribution in [0.25, 0.3) is 0 Å². The Balaban J connectivity index is 0.000000161. The Morgan fingerprint density at radius 3 is 0.979 bits per heavy atom. The molecule has 0 spiro atoms. The van der Waals surface area contributed by atoms with Gasteiger partial charge in [0, 0.05) is 124 Å². The number of morpholine rings is 4. The van der Waals surface area contributed by atoms with Gasteiger partial charge in [0.25, 0.3) is 23.6 Å². The van der Waals surface area contributed by atoms with Crippen LogP contribution in [0.1, 0.15) is 151 Å². The minimum absolute atomic E-state index is 0.0174. The van der Waals surface area contributed by atoms with Crippen LogP contribution < -0.4 is 21.3 Å². The zero-order valence-corrected chi connectivity index (χ0v) is 86.6. The van der Waals surface area contributed by atoms with Crippen molar-refractivity contribution in [2.45, 2.75) is 220 Å². The first-order chi connectivity index (χ1) is 67.3. The minimum Gasteiger partial charge on any atom is -0.504 e. The van der Waals surface area contributed by atoms with Gasteiger partial charge >= 0.3 is 0 Å². The number of hydrogen-bond acceptors (Lipinski definition) is 30. The van der Waals surface area contributed by atoms with E-state index in [4.69, 9.17) is 18.9 Å².